The summed E-state index contributed by atoms with van der Waals surface area (Å²) in [6, 6.07) is 2.47. The lowest BCUT2D eigenvalue weighted by Crippen LogP contribution is -2.32. The highest BCUT2D eigenvalue weighted by Crippen LogP contribution is 2.33. The number of Topliss-reactive ketones (excluding diaryl/α,β-unsaturated/α-hetero) is 1. The molecule has 0 bridgehead atoms. The van der Waals surface area contributed by atoms with Gasteiger partial charge in [0.1, 0.15) is 5.82 Å². The number of aryl methyl sites for hydroxylation is 2. The zero-order valence-electron chi connectivity index (χ0n) is 11.8. The topological polar surface area (TPSA) is 55.2 Å². The van der Waals surface area contributed by atoms with Crippen molar-refractivity contribution < 1.29 is 14.0 Å². The van der Waals surface area contributed by atoms with Crippen molar-refractivity contribution in [3.05, 3.63) is 47.0 Å². The molecule has 0 spiro atoms. The second-order valence-corrected chi connectivity index (χ2v) is 5.18. The number of halogens is 1. The van der Waals surface area contributed by atoms with Gasteiger partial charge in [0.05, 0.1) is 17.4 Å². The van der Waals surface area contributed by atoms with Gasteiger partial charge in [-0.2, -0.15) is 5.10 Å². The van der Waals surface area contributed by atoms with Crippen LogP contribution in [-0.2, 0) is 18.3 Å². The minimum absolute atomic E-state index is 0.156. The summed E-state index contributed by atoms with van der Waals surface area (Å²) in [6.07, 6.45) is 4.17. The number of hydrogen-bond donors (Lipinski definition) is 0. The maximum atomic E-state index is 13.4. The molecule has 5 nitrogen and oxygen atoms in total. The quantitative estimate of drug-likeness (QED) is 0.806. The van der Waals surface area contributed by atoms with Gasteiger partial charge in [0.15, 0.2) is 0 Å². The molecule has 0 atom stereocenters. The fourth-order valence-electron chi connectivity index (χ4n) is 2.66. The van der Waals surface area contributed by atoms with Gasteiger partial charge in [-0.15, -0.1) is 0 Å². The van der Waals surface area contributed by atoms with Crippen LogP contribution in [0.4, 0.5) is 10.1 Å². The molecule has 0 aliphatic carbocycles. The van der Waals surface area contributed by atoms with Crippen LogP contribution in [0.5, 0.6) is 0 Å². The maximum absolute atomic E-state index is 13.4. The molecule has 0 saturated carbocycles. The van der Waals surface area contributed by atoms with Crippen molar-refractivity contribution in [3.8, 4) is 0 Å². The fourth-order valence-corrected chi connectivity index (χ4v) is 2.66. The van der Waals surface area contributed by atoms with Crippen LogP contribution in [0.2, 0.25) is 0 Å². The summed E-state index contributed by atoms with van der Waals surface area (Å²) in [5.41, 5.74) is 2.25. The van der Waals surface area contributed by atoms with Crippen LogP contribution in [0.1, 0.15) is 21.5 Å². The van der Waals surface area contributed by atoms with Crippen molar-refractivity contribution >= 4 is 17.4 Å². The van der Waals surface area contributed by atoms with Gasteiger partial charge in [-0.3, -0.25) is 14.3 Å². The first-order chi connectivity index (χ1) is 9.97. The number of aromatic nitrogens is 2. The molecule has 0 unspecified atom stereocenters. The molecular formula is C15H14FN3O2. The highest BCUT2D eigenvalue weighted by Gasteiger charge is 2.37. The molecule has 0 fully saturated rings. The molecule has 1 aromatic carbocycles. The highest BCUT2D eigenvalue weighted by atomic mass is 19.1. The van der Waals surface area contributed by atoms with Crippen molar-refractivity contribution in [1.82, 2.24) is 9.78 Å². The Morgan fingerprint density at radius 3 is 2.71 bits per heavy atom. The number of rotatable bonds is 3. The lowest BCUT2D eigenvalue weighted by atomic mass is 10.1. The van der Waals surface area contributed by atoms with Gasteiger partial charge in [0.25, 0.3) is 11.7 Å². The van der Waals surface area contributed by atoms with Gasteiger partial charge >= 0.3 is 0 Å². The van der Waals surface area contributed by atoms with Gasteiger partial charge in [-0.05, 0) is 36.6 Å². The first-order valence-corrected chi connectivity index (χ1v) is 6.61. The zero-order valence-corrected chi connectivity index (χ0v) is 11.8. The molecule has 108 valence electrons. The van der Waals surface area contributed by atoms with Gasteiger partial charge < -0.3 is 4.90 Å². The van der Waals surface area contributed by atoms with E-state index < -0.39 is 17.5 Å². The van der Waals surface area contributed by atoms with E-state index in [4.69, 9.17) is 0 Å². The second-order valence-electron chi connectivity index (χ2n) is 5.18. The Balaban J connectivity index is 1.90. The number of ketones is 1. The predicted octanol–water partition coefficient (Wildman–Crippen LogP) is 1.64. The Hall–Kier alpha value is -2.50. The van der Waals surface area contributed by atoms with E-state index >= 15 is 0 Å². The molecule has 1 aromatic heterocycles. The average molecular weight is 287 g/mol. The molecule has 1 aliphatic heterocycles. The Morgan fingerprint density at radius 2 is 2.05 bits per heavy atom. The molecule has 21 heavy (non-hydrogen) atoms. The average Bonchev–Trinajstić information content (AvgIpc) is 2.93. The van der Waals surface area contributed by atoms with Crippen molar-refractivity contribution in [1.29, 1.82) is 0 Å². The Bertz CT molecular complexity index is 751. The fraction of sp³-hybridized carbons (Fsp3) is 0.267. The number of nitrogens with zero attached hydrogens (tertiary/aromatic N) is 3. The van der Waals surface area contributed by atoms with Crippen LogP contribution in [0.25, 0.3) is 0 Å². The van der Waals surface area contributed by atoms with Crippen LogP contribution in [0.15, 0.2) is 24.5 Å². The molecule has 6 heteroatoms. The molecule has 3 rings (SSSR count). The monoisotopic (exact) mass is 287 g/mol. The first kappa shape index (κ1) is 13.5. The third-order valence-electron chi connectivity index (χ3n) is 3.60. The normalized spacial score (nSPS) is 14.0. The molecule has 0 N–H and O–H groups in total. The first-order valence-electron chi connectivity index (χ1n) is 6.61. The number of hydrogen-bond acceptors (Lipinski definition) is 3. The van der Waals surface area contributed by atoms with Crippen LogP contribution in [0.3, 0.4) is 0 Å². The molecule has 0 radical (unpaired) electrons. The van der Waals surface area contributed by atoms with E-state index in [9.17, 15) is 14.0 Å². The van der Waals surface area contributed by atoms with Crippen LogP contribution >= 0.6 is 0 Å². The van der Waals surface area contributed by atoms with Gasteiger partial charge in [0.2, 0.25) is 0 Å². The smallest absolute Gasteiger partial charge is 0.299 e. The number of carbonyl (C=O) groups is 2. The van der Waals surface area contributed by atoms with Crippen molar-refractivity contribution in [2.45, 2.75) is 13.3 Å². The molecular weight excluding hydrogens is 273 g/mol. The minimum atomic E-state index is -0.640. The summed E-state index contributed by atoms with van der Waals surface area (Å²) in [7, 11) is 1.82. The number of fused-ring (bicyclic) bond motifs is 1. The minimum Gasteiger partial charge on any atom is -0.304 e. The molecule has 0 saturated heterocycles. The van der Waals surface area contributed by atoms with E-state index in [-0.39, 0.29) is 5.56 Å². The lowest BCUT2D eigenvalue weighted by molar-refractivity contribution is -0.114. The van der Waals surface area contributed by atoms with Crippen molar-refractivity contribution in [2.24, 2.45) is 7.05 Å². The van der Waals surface area contributed by atoms with E-state index in [1.54, 1.807) is 17.8 Å². The summed E-state index contributed by atoms with van der Waals surface area (Å²) in [6.45, 7) is 2.07. The maximum Gasteiger partial charge on any atom is 0.299 e. The molecule has 2 aromatic rings. The lowest BCUT2D eigenvalue weighted by Gasteiger charge is -2.18. The molecule has 1 aliphatic rings. The summed E-state index contributed by atoms with van der Waals surface area (Å²) in [5.74, 6) is -1.73. The molecule has 2 heterocycles. The Kier molecular flexibility index (Phi) is 3.08. The summed E-state index contributed by atoms with van der Waals surface area (Å²) in [4.78, 5) is 25.5. The summed E-state index contributed by atoms with van der Waals surface area (Å²) < 4.78 is 15.1. The standard InChI is InChI=1S/C15H14FN3O2/c1-9-5-11(16)6-12-13(9)19(15(21)14(12)20)4-3-10-7-17-18(2)8-10/h5-8H,3-4H2,1-2H3. The van der Waals surface area contributed by atoms with Crippen LogP contribution in [0, 0.1) is 12.7 Å². The van der Waals surface area contributed by atoms with Gasteiger partial charge in [0, 0.05) is 19.8 Å². The van der Waals surface area contributed by atoms with E-state index in [2.05, 4.69) is 5.10 Å². The third-order valence-corrected chi connectivity index (χ3v) is 3.60. The van der Waals surface area contributed by atoms with Gasteiger partial charge in [-0.25, -0.2) is 4.39 Å². The van der Waals surface area contributed by atoms with Crippen molar-refractivity contribution in [3.63, 3.8) is 0 Å². The Morgan fingerprint density at radius 1 is 1.29 bits per heavy atom. The van der Waals surface area contributed by atoms with E-state index in [0.29, 0.717) is 24.2 Å². The Labute approximate surface area is 121 Å². The number of amides is 1. The predicted molar refractivity (Wildman–Crippen MR) is 74.7 cm³/mol. The highest BCUT2D eigenvalue weighted by molar-refractivity contribution is 6.52. The van der Waals surface area contributed by atoms with E-state index in [0.717, 1.165) is 11.6 Å². The van der Waals surface area contributed by atoms with Crippen molar-refractivity contribution in [2.75, 3.05) is 11.4 Å². The van der Waals surface area contributed by atoms with Gasteiger partial charge in [-0.1, -0.05) is 0 Å². The summed E-state index contributed by atoms with van der Waals surface area (Å²) >= 11 is 0. The van der Waals surface area contributed by atoms with E-state index in [1.165, 1.54) is 11.0 Å². The van der Waals surface area contributed by atoms with E-state index in [1.807, 2.05) is 13.2 Å². The summed E-state index contributed by atoms with van der Waals surface area (Å²) in [5, 5.41) is 4.07. The second kappa shape index (κ2) is 4.80. The van der Waals surface area contributed by atoms with Crippen LogP contribution < -0.4 is 4.90 Å². The number of benzene rings is 1. The van der Waals surface area contributed by atoms with Crippen LogP contribution in [-0.4, -0.2) is 28.0 Å². The number of anilines is 1. The third kappa shape index (κ3) is 2.22. The zero-order chi connectivity index (χ0) is 15.1. The number of carbonyl (C=O) groups excluding carboxylic acids is 2. The SMILES string of the molecule is Cc1cc(F)cc2c1N(CCc1cnn(C)c1)C(=O)C2=O. The molecule has 1 amide bonds. The largest absolute Gasteiger partial charge is 0.304 e.